The van der Waals surface area contributed by atoms with Gasteiger partial charge in [0.2, 0.25) is 5.91 Å². The van der Waals surface area contributed by atoms with Crippen LogP contribution >= 0.6 is 11.3 Å². The van der Waals surface area contributed by atoms with E-state index in [0.29, 0.717) is 6.54 Å². The van der Waals surface area contributed by atoms with Crippen LogP contribution < -0.4 is 5.32 Å². The van der Waals surface area contributed by atoms with Crippen molar-refractivity contribution < 1.29 is 14.7 Å². The standard InChI is InChI=1S/C11H16N2O3S/c1-6(7(2)11(15)16)10(14)13-5-9-4-12-8(3)17-9/h4,6-7H,5H2,1-3H3,(H,13,14)(H,15,16). The lowest BCUT2D eigenvalue weighted by Crippen LogP contribution is -2.34. The second-order valence-corrected chi connectivity index (χ2v) is 5.30. The number of carboxylic acids is 1. The lowest BCUT2D eigenvalue weighted by Gasteiger charge is -2.15. The number of hydrogen-bond donors (Lipinski definition) is 2. The Balaban J connectivity index is 2.47. The summed E-state index contributed by atoms with van der Waals surface area (Å²) in [5, 5.41) is 12.5. The average Bonchev–Trinajstić information content (AvgIpc) is 2.69. The second-order valence-electron chi connectivity index (χ2n) is 3.98. The van der Waals surface area contributed by atoms with Gasteiger partial charge in [-0.25, -0.2) is 4.98 Å². The van der Waals surface area contributed by atoms with Crippen molar-refractivity contribution in [2.45, 2.75) is 27.3 Å². The molecule has 2 unspecified atom stereocenters. The minimum Gasteiger partial charge on any atom is -0.481 e. The van der Waals surface area contributed by atoms with Crippen LogP contribution in [0.25, 0.3) is 0 Å². The summed E-state index contributed by atoms with van der Waals surface area (Å²) in [4.78, 5) is 27.5. The number of aryl methyl sites for hydroxylation is 1. The fraction of sp³-hybridized carbons (Fsp3) is 0.545. The number of carbonyl (C=O) groups is 2. The number of aliphatic carboxylic acids is 1. The summed E-state index contributed by atoms with van der Waals surface area (Å²) in [5.74, 6) is -2.42. The van der Waals surface area contributed by atoms with Crippen molar-refractivity contribution in [1.29, 1.82) is 0 Å². The monoisotopic (exact) mass is 256 g/mol. The highest BCUT2D eigenvalue weighted by Crippen LogP contribution is 2.13. The molecule has 0 aliphatic carbocycles. The molecule has 1 heterocycles. The molecule has 17 heavy (non-hydrogen) atoms. The van der Waals surface area contributed by atoms with E-state index in [1.54, 1.807) is 13.1 Å². The van der Waals surface area contributed by atoms with E-state index in [9.17, 15) is 9.59 Å². The van der Waals surface area contributed by atoms with Crippen molar-refractivity contribution in [3.05, 3.63) is 16.1 Å². The van der Waals surface area contributed by atoms with Gasteiger partial charge in [-0.05, 0) is 6.92 Å². The largest absolute Gasteiger partial charge is 0.481 e. The summed E-state index contributed by atoms with van der Waals surface area (Å²) in [6.07, 6.45) is 1.71. The van der Waals surface area contributed by atoms with Gasteiger partial charge in [0.25, 0.3) is 0 Å². The quantitative estimate of drug-likeness (QED) is 0.835. The second kappa shape index (κ2) is 5.77. The molecule has 5 nitrogen and oxygen atoms in total. The molecule has 0 saturated heterocycles. The van der Waals surface area contributed by atoms with Gasteiger partial charge in [-0.1, -0.05) is 13.8 Å². The Hall–Kier alpha value is -1.43. The zero-order valence-electron chi connectivity index (χ0n) is 10.1. The molecule has 0 spiro atoms. The number of amides is 1. The van der Waals surface area contributed by atoms with Crippen LogP contribution in [0.4, 0.5) is 0 Å². The molecular formula is C11H16N2O3S. The van der Waals surface area contributed by atoms with Gasteiger partial charge in [0.05, 0.1) is 17.5 Å². The van der Waals surface area contributed by atoms with Gasteiger partial charge in [0, 0.05) is 17.0 Å². The summed E-state index contributed by atoms with van der Waals surface area (Å²) in [7, 11) is 0. The number of aromatic nitrogens is 1. The van der Waals surface area contributed by atoms with E-state index in [1.165, 1.54) is 18.3 Å². The first-order valence-corrected chi connectivity index (χ1v) is 6.15. The number of thiazole rings is 1. The van der Waals surface area contributed by atoms with E-state index in [0.717, 1.165) is 9.88 Å². The molecule has 0 aromatic carbocycles. The minimum atomic E-state index is -0.957. The van der Waals surface area contributed by atoms with Gasteiger partial charge < -0.3 is 10.4 Å². The smallest absolute Gasteiger partial charge is 0.307 e. The first-order valence-electron chi connectivity index (χ1n) is 5.33. The topological polar surface area (TPSA) is 79.3 Å². The number of nitrogens with zero attached hydrogens (tertiary/aromatic N) is 1. The Morgan fingerprint density at radius 3 is 2.59 bits per heavy atom. The van der Waals surface area contributed by atoms with Crippen LogP contribution in [-0.4, -0.2) is 22.0 Å². The number of hydrogen-bond acceptors (Lipinski definition) is 4. The van der Waals surface area contributed by atoms with Crippen molar-refractivity contribution in [3.63, 3.8) is 0 Å². The molecule has 1 aromatic heterocycles. The lowest BCUT2D eigenvalue weighted by atomic mass is 9.95. The van der Waals surface area contributed by atoms with Crippen LogP contribution in [-0.2, 0) is 16.1 Å². The Bertz CT molecular complexity index is 417. The molecule has 0 aliphatic heterocycles. The van der Waals surface area contributed by atoms with Crippen molar-refractivity contribution >= 4 is 23.2 Å². The molecule has 0 bridgehead atoms. The number of nitrogens with one attached hydrogen (secondary N) is 1. The van der Waals surface area contributed by atoms with Crippen molar-refractivity contribution in [2.24, 2.45) is 11.8 Å². The SMILES string of the molecule is Cc1ncc(CNC(=O)C(C)C(C)C(=O)O)s1. The predicted molar refractivity (Wildman–Crippen MR) is 64.7 cm³/mol. The Morgan fingerprint density at radius 2 is 2.12 bits per heavy atom. The minimum absolute atomic E-state index is 0.244. The summed E-state index contributed by atoms with van der Waals surface area (Å²) in [5.41, 5.74) is 0. The number of carboxylic acid groups (broad SMARTS) is 1. The Labute approximate surface area is 104 Å². The highest BCUT2D eigenvalue weighted by Gasteiger charge is 2.25. The van der Waals surface area contributed by atoms with Crippen molar-refractivity contribution in [3.8, 4) is 0 Å². The molecule has 6 heteroatoms. The van der Waals surface area contributed by atoms with Gasteiger partial charge in [-0.2, -0.15) is 0 Å². The molecule has 2 atom stereocenters. The fourth-order valence-electron chi connectivity index (χ4n) is 1.26. The van der Waals surface area contributed by atoms with Crippen LogP contribution in [0.2, 0.25) is 0 Å². The number of carbonyl (C=O) groups excluding carboxylic acids is 1. The van der Waals surface area contributed by atoms with Crippen molar-refractivity contribution in [2.75, 3.05) is 0 Å². The molecule has 1 rings (SSSR count). The zero-order valence-corrected chi connectivity index (χ0v) is 10.9. The molecule has 94 valence electrons. The van der Waals surface area contributed by atoms with E-state index in [2.05, 4.69) is 10.3 Å². The van der Waals surface area contributed by atoms with E-state index in [4.69, 9.17) is 5.11 Å². The third kappa shape index (κ3) is 3.81. The van der Waals surface area contributed by atoms with Gasteiger partial charge in [-0.3, -0.25) is 9.59 Å². The van der Waals surface area contributed by atoms with Crippen LogP contribution in [0.5, 0.6) is 0 Å². The summed E-state index contributed by atoms with van der Waals surface area (Å²) >= 11 is 1.51. The maximum atomic E-state index is 11.7. The molecule has 1 aromatic rings. The van der Waals surface area contributed by atoms with Gasteiger partial charge >= 0.3 is 5.97 Å². The highest BCUT2D eigenvalue weighted by molar-refractivity contribution is 7.11. The molecular weight excluding hydrogens is 240 g/mol. The molecule has 1 amide bonds. The van der Waals surface area contributed by atoms with Gasteiger partial charge in [-0.15, -0.1) is 11.3 Å². The molecule has 0 fully saturated rings. The average molecular weight is 256 g/mol. The van der Waals surface area contributed by atoms with Crippen LogP contribution in [0.15, 0.2) is 6.20 Å². The molecule has 0 aliphatic rings. The first-order chi connectivity index (χ1) is 7.91. The van der Waals surface area contributed by atoms with Crippen LogP contribution in [0, 0.1) is 18.8 Å². The fourth-order valence-corrected chi connectivity index (χ4v) is 2.00. The summed E-state index contributed by atoms with van der Waals surface area (Å²) in [6, 6.07) is 0. The van der Waals surface area contributed by atoms with E-state index in [1.807, 2.05) is 6.92 Å². The van der Waals surface area contributed by atoms with E-state index < -0.39 is 17.8 Å². The third-order valence-electron chi connectivity index (χ3n) is 2.66. The van der Waals surface area contributed by atoms with Gasteiger partial charge in [0.1, 0.15) is 0 Å². The molecule has 0 saturated carbocycles. The maximum absolute atomic E-state index is 11.7. The highest BCUT2D eigenvalue weighted by atomic mass is 32.1. The van der Waals surface area contributed by atoms with Crippen LogP contribution in [0.1, 0.15) is 23.7 Å². The number of rotatable bonds is 5. The van der Waals surface area contributed by atoms with Crippen LogP contribution in [0.3, 0.4) is 0 Å². The predicted octanol–water partition coefficient (Wildman–Crippen LogP) is 1.42. The summed E-state index contributed by atoms with van der Waals surface area (Å²) in [6.45, 7) is 5.45. The third-order valence-corrected chi connectivity index (χ3v) is 3.57. The maximum Gasteiger partial charge on any atom is 0.307 e. The first kappa shape index (κ1) is 13.6. The molecule has 0 radical (unpaired) electrons. The Morgan fingerprint density at radius 1 is 1.47 bits per heavy atom. The normalized spacial score (nSPS) is 14.1. The van der Waals surface area contributed by atoms with Gasteiger partial charge in [0.15, 0.2) is 0 Å². The van der Waals surface area contributed by atoms with E-state index in [-0.39, 0.29) is 5.91 Å². The lowest BCUT2D eigenvalue weighted by molar-refractivity contribution is -0.146. The van der Waals surface area contributed by atoms with Crippen molar-refractivity contribution in [1.82, 2.24) is 10.3 Å². The zero-order chi connectivity index (χ0) is 13.0. The van der Waals surface area contributed by atoms with E-state index >= 15 is 0 Å². The Kier molecular flexibility index (Phi) is 4.62. The molecule has 2 N–H and O–H groups in total. The summed E-state index contributed by atoms with van der Waals surface area (Å²) < 4.78 is 0.